The summed E-state index contributed by atoms with van der Waals surface area (Å²) in [5.74, 6) is 0.458. The second-order valence-electron chi connectivity index (χ2n) is 4.73. The monoisotopic (exact) mass is 303 g/mol. The second kappa shape index (κ2) is 5.18. The maximum absolute atomic E-state index is 12.5. The molecule has 1 fully saturated rings. The number of hydrogen-bond donors (Lipinski definition) is 1. The molecular weight excluding hydrogens is 286 g/mol. The average Bonchev–Trinajstić information content (AvgIpc) is 2.69. The van der Waals surface area contributed by atoms with Crippen LogP contribution in [0.3, 0.4) is 0 Å². The Morgan fingerprint density at radius 2 is 2.00 bits per heavy atom. The highest BCUT2D eigenvalue weighted by molar-refractivity contribution is 7.89. The van der Waals surface area contributed by atoms with Crippen molar-refractivity contribution < 1.29 is 12.9 Å². The molecule has 0 radical (unpaired) electrons. The molecule has 1 aromatic rings. The Bertz CT molecular complexity index is 567. The topological polar surface area (TPSA) is 89.4 Å². The summed E-state index contributed by atoms with van der Waals surface area (Å²) in [4.78, 5) is 0.649. The van der Waals surface area contributed by atoms with E-state index in [0.717, 1.165) is 0 Å². The van der Waals surface area contributed by atoms with E-state index in [1.165, 1.54) is 4.31 Å². The van der Waals surface area contributed by atoms with Crippen LogP contribution in [-0.4, -0.2) is 36.0 Å². The minimum Gasteiger partial charge on any atom is -0.393 e. The number of aromatic nitrogens is 1. The van der Waals surface area contributed by atoms with Crippen molar-refractivity contribution in [2.45, 2.75) is 31.6 Å². The van der Waals surface area contributed by atoms with Gasteiger partial charge in [-0.25, -0.2) is 8.42 Å². The largest absolute Gasteiger partial charge is 0.393 e. The van der Waals surface area contributed by atoms with Crippen molar-refractivity contribution in [2.24, 2.45) is 11.7 Å². The second-order valence-corrected chi connectivity index (χ2v) is 7.08. The molecule has 2 heterocycles. The van der Waals surface area contributed by atoms with Crippen LogP contribution >= 0.6 is 12.2 Å². The summed E-state index contributed by atoms with van der Waals surface area (Å²) in [5, 5.41) is 3.70. The van der Waals surface area contributed by atoms with Gasteiger partial charge in [0.1, 0.15) is 10.6 Å². The maximum Gasteiger partial charge on any atom is 0.248 e. The van der Waals surface area contributed by atoms with E-state index in [2.05, 4.69) is 5.16 Å². The first-order valence-corrected chi connectivity index (χ1v) is 7.91. The van der Waals surface area contributed by atoms with Crippen molar-refractivity contribution in [3.8, 4) is 0 Å². The van der Waals surface area contributed by atoms with Gasteiger partial charge in [-0.05, 0) is 26.7 Å². The van der Waals surface area contributed by atoms with E-state index in [1.54, 1.807) is 13.8 Å². The van der Waals surface area contributed by atoms with Gasteiger partial charge >= 0.3 is 0 Å². The number of hydrogen-bond acceptors (Lipinski definition) is 5. The maximum atomic E-state index is 12.5. The zero-order valence-corrected chi connectivity index (χ0v) is 12.6. The van der Waals surface area contributed by atoms with Gasteiger partial charge in [0.2, 0.25) is 10.0 Å². The first-order valence-electron chi connectivity index (χ1n) is 6.06. The van der Waals surface area contributed by atoms with E-state index in [9.17, 15) is 8.42 Å². The highest BCUT2D eigenvalue weighted by atomic mass is 32.2. The highest BCUT2D eigenvalue weighted by Gasteiger charge is 2.34. The summed E-state index contributed by atoms with van der Waals surface area (Å²) in [7, 11) is -3.54. The zero-order valence-electron chi connectivity index (χ0n) is 10.9. The van der Waals surface area contributed by atoms with Crippen molar-refractivity contribution in [2.75, 3.05) is 13.1 Å². The van der Waals surface area contributed by atoms with Crippen LogP contribution in [0.15, 0.2) is 9.42 Å². The lowest BCUT2D eigenvalue weighted by Gasteiger charge is -2.30. The summed E-state index contributed by atoms with van der Waals surface area (Å²) in [5.41, 5.74) is 6.00. The van der Waals surface area contributed by atoms with Gasteiger partial charge in [0.25, 0.3) is 0 Å². The Balaban J connectivity index is 2.21. The fourth-order valence-electron chi connectivity index (χ4n) is 2.35. The Morgan fingerprint density at radius 1 is 1.42 bits per heavy atom. The lowest BCUT2D eigenvalue weighted by atomic mass is 9.98. The molecular formula is C11H17N3O3S2. The Hall–Kier alpha value is -0.990. The van der Waals surface area contributed by atoms with Gasteiger partial charge in [0.15, 0.2) is 5.76 Å². The molecule has 2 rings (SSSR count). The highest BCUT2D eigenvalue weighted by Crippen LogP contribution is 2.27. The molecule has 8 heteroatoms. The van der Waals surface area contributed by atoms with E-state index in [1.807, 2.05) is 0 Å². The molecule has 1 aliphatic heterocycles. The fraction of sp³-hybridized carbons (Fsp3) is 0.636. The van der Waals surface area contributed by atoms with Crippen molar-refractivity contribution in [1.29, 1.82) is 0 Å². The molecule has 1 aromatic heterocycles. The standard InChI is InChI=1S/C11H17N3O3S2/c1-7-10(8(2)17-13-7)19(15,16)14-5-3-9(4-6-14)11(12)18/h9H,3-6H2,1-2H3,(H2,12,18). The van der Waals surface area contributed by atoms with E-state index in [-0.39, 0.29) is 10.8 Å². The molecule has 0 amide bonds. The van der Waals surface area contributed by atoms with Crippen LogP contribution in [0.1, 0.15) is 24.3 Å². The van der Waals surface area contributed by atoms with Gasteiger partial charge in [-0.2, -0.15) is 4.31 Å². The van der Waals surface area contributed by atoms with Crippen LogP contribution in [0.5, 0.6) is 0 Å². The van der Waals surface area contributed by atoms with Crippen molar-refractivity contribution in [1.82, 2.24) is 9.46 Å². The number of thiocarbonyl (C=S) groups is 1. The van der Waals surface area contributed by atoms with Crippen LogP contribution in [0.2, 0.25) is 0 Å². The van der Waals surface area contributed by atoms with Crippen molar-refractivity contribution in [3.05, 3.63) is 11.5 Å². The fourth-order valence-corrected chi connectivity index (χ4v) is 4.35. The van der Waals surface area contributed by atoms with E-state index < -0.39 is 10.0 Å². The van der Waals surface area contributed by atoms with E-state index in [0.29, 0.717) is 42.4 Å². The third kappa shape index (κ3) is 2.65. The van der Waals surface area contributed by atoms with Crippen LogP contribution in [0.4, 0.5) is 0 Å². The third-order valence-corrected chi connectivity index (χ3v) is 5.90. The first kappa shape index (κ1) is 14.4. The van der Waals surface area contributed by atoms with Crippen molar-refractivity contribution >= 4 is 27.2 Å². The number of nitrogens with zero attached hydrogens (tertiary/aromatic N) is 2. The third-order valence-electron chi connectivity index (χ3n) is 3.42. The summed E-state index contributed by atoms with van der Waals surface area (Å²) in [6.07, 6.45) is 1.33. The van der Waals surface area contributed by atoms with Gasteiger partial charge in [-0.1, -0.05) is 17.4 Å². The molecule has 0 atom stereocenters. The zero-order chi connectivity index (χ0) is 14.2. The molecule has 0 aliphatic carbocycles. The smallest absolute Gasteiger partial charge is 0.248 e. The lowest BCUT2D eigenvalue weighted by molar-refractivity contribution is 0.316. The molecule has 19 heavy (non-hydrogen) atoms. The van der Waals surface area contributed by atoms with Crippen LogP contribution in [0.25, 0.3) is 0 Å². The molecule has 0 aromatic carbocycles. The number of rotatable bonds is 3. The number of aryl methyl sites for hydroxylation is 2. The Kier molecular flexibility index (Phi) is 3.93. The minimum atomic E-state index is -3.54. The van der Waals surface area contributed by atoms with Gasteiger partial charge in [-0.3, -0.25) is 0 Å². The molecule has 0 bridgehead atoms. The van der Waals surface area contributed by atoms with Gasteiger partial charge < -0.3 is 10.3 Å². The van der Waals surface area contributed by atoms with E-state index >= 15 is 0 Å². The quantitative estimate of drug-likeness (QED) is 0.837. The molecule has 6 nitrogen and oxygen atoms in total. The van der Waals surface area contributed by atoms with Gasteiger partial charge in [-0.15, -0.1) is 0 Å². The van der Waals surface area contributed by atoms with Crippen LogP contribution in [0, 0.1) is 19.8 Å². The number of sulfonamides is 1. The predicted molar refractivity (Wildman–Crippen MR) is 74.2 cm³/mol. The Morgan fingerprint density at radius 3 is 2.42 bits per heavy atom. The summed E-state index contributed by atoms with van der Waals surface area (Å²) in [6.45, 7) is 4.09. The minimum absolute atomic E-state index is 0.131. The first-order chi connectivity index (χ1) is 8.84. The molecule has 0 unspecified atom stereocenters. The Labute approximate surface area is 118 Å². The number of nitrogens with two attached hydrogens (primary N) is 1. The van der Waals surface area contributed by atoms with Gasteiger partial charge in [0.05, 0.1) is 4.99 Å². The molecule has 106 valence electrons. The van der Waals surface area contributed by atoms with Gasteiger partial charge in [0, 0.05) is 19.0 Å². The predicted octanol–water partition coefficient (Wildman–Crippen LogP) is 0.978. The molecule has 1 aliphatic rings. The lowest BCUT2D eigenvalue weighted by Crippen LogP contribution is -2.41. The summed E-state index contributed by atoms with van der Waals surface area (Å²) >= 11 is 4.95. The summed E-state index contributed by atoms with van der Waals surface area (Å²) < 4.78 is 31.4. The van der Waals surface area contributed by atoms with E-state index in [4.69, 9.17) is 22.5 Å². The van der Waals surface area contributed by atoms with Crippen LogP contribution < -0.4 is 5.73 Å². The average molecular weight is 303 g/mol. The van der Waals surface area contributed by atoms with Crippen LogP contribution in [-0.2, 0) is 10.0 Å². The normalized spacial score (nSPS) is 18.6. The molecule has 1 saturated heterocycles. The summed E-state index contributed by atoms with van der Waals surface area (Å²) in [6, 6.07) is 0. The molecule has 0 spiro atoms. The SMILES string of the molecule is Cc1noc(C)c1S(=O)(=O)N1CCC(C(N)=S)CC1. The molecule has 2 N–H and O–H groups in total. The molecule has 0 saturated carbocycles. The number of piperidine rings is 1. The van der Waals surface area contributed by atoms with Crippen molar-refractivity contribution in [3.63, 3.8) is 0 Å².